The zero-order valence-electron chi connectivity index (χ0n) is 10.5. The van der Waals surface area contributed by atoms with Crippen molar-refractivity contribution in [1.82, 2.24) is 0 Å². The normalized spacial score (nSPS) is 16.1. The molecule has 2 rings (SSSR count). The van der Waals surface area contributed by atoms with E-state index in [0.29, 0.717) is 18.1 Å². The van der Waals surface area contributed by atoms with E-state index in [0.717, 1.165) is 28.8 Å². The summed E-state index contributed by atoms with van der Waals surface area (Å²) in [6.07, 6.45) is 1.24. The van der Waals surface area contributed by atoms with Gasteiger partial charge in [-0.3, -0.25) is 4.79 Å². The number of aryl methyl sites for hydroxylation is 1. The first-order valence-electron chi connectivity index (χ1n) is 5.90. The Labute approximate surface area is 111 Å². The fourth-order valence-corrected chi connectivity index (χ4v) is 2.54. The molecule has 1 aromatic carbocycles. The number of ether oxygens (including phenoxy) is 1. The van der Waals surface area contributed by atoms with E-state index in [1.54, 1.807) is 7.11 Å². The van der Waals surface area contributed by atoms with Gasteiger partial charge in [0, 0.05) is 19.2 Å². The Kier molecular flexibility index (Phi) is 3.90. The minimum atomic E-state index is -0.246. The van der Waals surface area contributed by atoms with Crippen LogP contribution in [0.25, 0.3) is 0 Å². The van der Waals surface area contributed by atoms with E-state index in [2.05, 4.69) is 5.32 Å². The molecule has 0 aliphatic carbocycles. The van der Waals surface area contributed by atoms with Gasteiger partial charge in [-0.1, -0.05) is 17.7 Å². The van der Waals surface area contributed by atoms with E-state index in [1.807, 2.05) is 13.0 Å². The second-order valence-corrected chi connectivity index (χ2v) is 4.93. The third kappa shape index (κ3) is 2.36. The molecule has 0 fully saturated rings. The summed E-state index contributed by atoms with van der Waals surface area (Å²) in [6, 6.07) is 1.73. The van der Waals surface area contributed by atoms with Gasteiger partial charge in [-0.25, -0.2) is 0 Å². The van der Waals surface area contributed by atoms with Crippen LogP contribution >= 0.6 is 11.6 Å². The minimum Gasteiger partial charge on any atom is -0.383 e. The molecule has 0 spiro atoms. The standard InChI is InChI=1S/C13H17ClN2O2/c1-7-12(14)9(10(15)6-18-2)5-8-3-4-11(17)16-13(7)8/h5,10H,3-4,6,15H2,1-2H3,(H,16,17). The van der Waals surface area contributed by atoms with Crippen LogP contribution < -0.4 is 11.1 Å². The summed E-state index contributed by atoms with van der Waals surface area (Å²) in [7, 11) is 1.61. The number of halogens is 1. The summed E-state index contributed by atoms with van der Waals surface area (Å²) in [5.74, 6) is 0.0376. The molecule has 18 heavy (non-hydrogen) atoms. The lowest BCUT2D eigenvalue weighted by Crippen LogP contribution is -2.22. The van der Waals surface area contributed by atoms with Crippen molar-refractivity contribution in [2.24, 2.45) is 5.73 Å². The van der Waals surface area contributed by atoms with E-state index in [1.165, 1.54) is 0 Å². The summed E-state index contributed by atoms with van der Waals surface area (Å²) < 4.78 is 5.06. The topological polar surface area (TPSA) is 64.3 Å². The van der Waals surface area contributed by atoms with Gasteiger partial charge in [0.25, 0.3) is 0 Å². The van der Waals surface area contributed by atoms with Crippen LogP contribution in [-0.2, 0) is 16.0 Å². The highest BCUT2D eigenvalue weighted by Gasteiger charge is 2.22. The predicted molar refractivity (Wildman–Crippen MR) is 71.9 cm³/mol. The number of carbonyl (C=O) groups is 1. The van der Waals surface area contributed by atoms with Crippen LogP contribution in [0.15, 0.2) is 6.07 Å². The Morgan fingerprint density at radius 3 is 2.94 bits per heavy atom. The van der Waals surface area contributed by atoms with Crippen LogP contribution in [-0.4, -0.2) is 19.6 Å². The molecule has 0 radical (unpaired) electrons. The number of amides is 1. The highest BCUT2D eigenvalue weighted by atomic mass is 35.5. The van der Waals surface area contributed by atoms with E-state index >= 15 is 0 Å². The van der Waals surface area contributed by atoms with Crippen LogP contribution in [0.4, 0.5) is 5.69 Å². The Hall–Kier alpha value is -1.10. The molecule has 5 heteroatoms. The molecular weight excluding hydrogens is 252 g/mol. The van der Waals surface area contributed by atoms with Crippen molar-refractivity contribution in [3.63, 3.8) is 0 Å². The van der Waals surface area contributed by atoms with Crippen molar-refractivity contribution in [3.05, 3.63) is 27.8 Å². The Morgan fingerprint density at radius 2 is 2.28 bits per heavy atom. The molecule has 1 heterocycles. The number of nitrogens with one attached hydrogen (secondary N) is 1. The van der Waals surface area contributed by atoms with Gasteiger partial charge in [0.2, 0.25) is 5.91 Å². The molecule has 98 valence electrons. The lowest BCUT2D eigenvalue weighted by Gasteiger charge is -2.23. The monoisotopic (exact) mass is 268 g/mol. The Morgan fingerprint density at radius 1 is 1.56 bits per heavy atom. The number of carbonyl (C=O) groups excluding carboxylic acids is 1. The van der Waals surface area contributed by atoms with Gasteiger partial charge in [-0.05, 0) is 30.0 Å². The number of hydrogen-bond donors (Lipinski definition) is 2. The largest absolute Gasteiger partial charge is 0.383 e. The molecular formula is C13H17ClN2O2. The first-order chi connectivity index (χ1) is 8.54. The zero-order valence-corrected chi connectivity index (χ0v) is 11.3. The summed E-state index contributed by atoms with van der Waals surface area (Å²) >= 11 is 6.32. The second-order valence-electron chi connectivity index (χ2n) is 4.55. The Balaban J connectivity index is 2.46. The third-order valence-corrected chi connectivity index (χ3v) is 3.74. The molecule has 1 atom stereocenters. The zero-order chi connectivity index (χ0) is 13.3. The van der Waals surface area contributed by atoms with Gasteiger partial charge in [0.05, 0.1) is 17.7 Å². The van der Waals surface area contributed by atoms with Crippen molar-refractivity contribution >= 4 is 23.2 Å². The maximum Gasteiger partial charge on any atom is 0.224 e. The lowest BCUT2D eigenvalue weighted by molar-refractivity contribution is -0.116. The van der Waals surface area contributed by atoms with Crippen LogP contribution in [0.5, 0.6) is 0 Å². The third-order valence-electron chi connectivity index (χ3n) is 3.24. The molecule has 1 amide bonds. The molecule has 1 unspecified atom stereocenters. The van der Waals surface area contributed by atoms with Gasteiger partial charge in [-0.2, -0.15) is 0 Å². The van der Waals surface area contributed by atoms with E-state index in [-0.39, 0.29) is 11.9 Å². The van der Waals surface area contributed by atoms with Crippen LogP contribution in [0.2, 0.25) is 5.02 Å². The smallest absolute Gasteiger partial charge is 0.224 e. The predicted octanol–water partition coefficient (Wildman–Crippen LogP) is 2.18. The SMILES string of the molecule is COCC(N)c1cc2c(c(C)c1Cl)NC(=O)CC2. The Bertz CT molecular complexity index is 488. The first kappa shape index (κ1) is 13.3. The number of fused-ring (bicyclic) bond motifs is 1. The second kappa shape index (κ2) is 5.26. The lowest BCUT2D eigenvalue weighted by atomic mass is 9.94. The maximum absolute atomic E-state index is 11.4. The first-order valence-corrected chi connectivity index (χ1v) is 6.28. The van der Waals surface area contributed by atoms with E-state index < -0.39 is 0 Å². The summed E-state index contributed by atoms with van der Waals surface area (Å²) in [6.45, 7) is 2.32. The molecule has 1 aromatic rings. The minimum absolute atomic E-state index is 0.0376. The van der Waals surface area contributed by atoms with Crippen molar-refractivity contribution in [2.75, 3.05) is 19.0 Å². The quantitative estimate of drug-likeness (QED) is 0.883. The average molecular weight is 269 g/mol. The maximum atomic E-state index is 11.4. The van der Waals surface area contributed by atoms with E-state index in [4.69, 9.17) is 22.1 Å². The summed E-state index contributed by atoms with van der Waals surface area (Å²) in [5.41, 5.74) is 9.73. The van der Waals surface area contributed by atoms with Crippen molar-refractivity contribution < 1.29 is 9.53 Å². The average Bonchev–Trinajstić information content (AvgIpc) is 2.34. The van der Waals surface area contributed by atoms with Crippen molar-refractivity contribution in [2.45, 2.75) is 25.8 Å². The molecule has 0 aromatic heterocycles. The van der Waals surface area contributed by atoms with Crippen molar-refractivity contribution in [1.29, 1.82) is 0 Å². The number of anilines is 1. The number of rotatable bonds is 3. The highest BCUT2D eigenvalue weighted by Crippen LogP contribution is 2.36. The number of nitrogens with two attached hydrogens (primary N) is 1. The van der Waals surface area contributed by atoms with Crippen molar-refractivity contribution in [3.8, 4) is 0 Å². The fraction of sp³-hybridized carbons (Fsp3) is 0.462. The molecule has 3 N–H and O–H groups in total. The van der Waals surface area contributed by atoms with Gasteiger partial charge in [0.15, 0.2) is 0 Å². The fourth-order valence-electron chi connectivity index (χ4n) is 2.25. The highest BCUT2D eigenvalue weighted by molar-refractivity contribution is 6.32. The van der Waals surface area contributed by atoms with Crippen LogP contribution in [0, 0.1) is 6.92 Å². The molecule has 4 nitrogen and oxygen atoms in total. The number of benzene rings is 1. The molecule has 0 bridgehead atoms. The molecule has 0 saturated carbocycles. The number of hydrogen-bond acceptors (Lipinski definition) is 3. The van der Waals surface area contributed by atoms with Gasteiger partial charge in [-0.15, -0.1) is 0 Å². The molecule has 1 aliphatic rings. The molecule has 0 saturated heterocycles. The van der Waals surface area contributed by atoms with Gasteiger partial charge >= 0.3 is 0 Å². The summed E-state index contributed by atoms with van der Waals surface area (Å²) in [5, 5.41) is 3.48. The van der Waals surface area contributed by atoms with Crippen LogP contribution in [0.3, 0.4) is 0 Å². The molecule has 1 aliphatic heterocycles. The van der Waals surface area contributed by atoms with Gasteiger partial charge < -0.3 is 15.8 Å². The van der Waals surface area contributed by atoms with Gasteiger partial charge in [0.1, 0.15) is 0 Å². The van der Waals surface area contributed by atoms with E-state index in [9.17, 15) is 4.79 Å². The number of methoxy groups -OCH3 is 1. The van der Waals surface area contributed by atoms with Crippen LogP contribution in [0.1, 0.15) is 29.2 Å². The summed E-state index contributed by atoms with van der Waals surface area (Å²) in [4.78, 5) is 11.4.